The van der Waals surface area contributed by atoms with Gasteiger partial charge in [0.2, 0.25) is 0 Å². The van der Waals surface area contributed by atoms with Crippen molar-refractivity contribution in [2.75, 3.05) is 0 Å². The second-order valence-electron chi connectivity index (χ2n) is 11.5. The van der Waals surface area contributed by atoms with Gasteiger partial charge in [-0.1, -0.05) is 32.8 Å². The van der Waals surface area contributed by atoms with E-state index in [1.165, 1.54) is 38.5 Å². The molecule has 0 N–H and O–H groups in total. The molecule has 1 heteroatoms. The third-order valence-corrected chi connectivity index (χ3v) is 10.3. The zero-order valence-corrected chi connectivity index (χ0v) is 18.4. The summed E-state index contributed by atoms with van der Waals surface area (Å²) in [7, 11) is 0. The van der Waals surface area contributed by atoms with Crippen LogP contribution >= 0.6 is 0 Å². The van der Waals surface area contributed by atoms with E-state index < -0.39 is 6.88 Å². The Kier molecular flexibility index (Phi) is 4.37. The van der Waals surface area contributed by atoms with Crippen LogP contribution < -0.4 is 0 Å². The molecular weight excluding hydrogens is 340 g/mol. The second-order valence-corrected chi connectivity index (χ2v) is 11.5. The van der Waals surface area contributed by atoms with Crippen molar-refractivity contribution in [1.29, 1.82) is 0 Å². The van der Waals surface area contributed by atoms with Crippen LogP contribution in [0.5, 0.6) is 0 Å². The number of Topliss-reactive ketones (excluding diaryl/α,β-unsaturated/α-hetero) is 1. The lowest BCUT2D eigenvalue weighted by atomic mass is 9.44. The summed E-state index contributed by atoms with van der Waals surface area (Å²) in [6.07, 6.45) is 13.3. The summed E-state index contributed by atoms with van der Waals surface area (Å²) in [6, 6.07) is 0. The van der Waals surface area contributed by atoms with E-state index in [0.717, 1.165) is 55.8 Å². The standard InChI is InChI=1S/C27H44O/c1-18(2)7-6-8-19(3)23-11-12-24-22-10-9-20-17-21(28)13-15-26(20,4)25(22)14-16-27(23,24)5/h19-20,22-25H,1,6-17H2,2-5H3/t19-,20?,22+,23-,24+,25+,26+,27-/m1/s1/i1D2,2D2. The fourth-order valence-electron chi connectivity index (χ4n) is 8.84. The highest BCUT2D eigenvalue weighted by Crippen LogP contribution is 2.68. The third kappa shape index (κ3) is 3.33. The SMILES string of the molecule is [2H]C([2H])=C(CCC[C@@H](C)[C@H]1CC[C@H]2[C@@H]3CCC4CC(=O)CC[C@]4(C)[C@H]3CC[C@]12C)C([2H])[2H]. The Morgan fingerprint density at radius 1 is 1.18 bits per heavy atom. The highest BCUT2D eigenvalue weighted by molar-refractivity contribution is 5.79. The number of hydrogen-bond acceptors (Lipinski definition) is 1. The van der Waals surface area contributed by atoms with Crippen molar-refractivity contribution < 1.29 is 10.3 Å². The van der Waals surface area contributed by atoms with E-state index in [1.54, 1.807) is 0 Å². The topological polar surface area (TPSA) is 17.1 Å². The fraction of sp³-hybridized carbons (Fsp3) is 0.889. The van der Waals surface area contributed by atoms with Crippen molar-refractivity contribution in [3.63, 3.8) is 0 Å². The number of carbonyl (C=O) groups excluding carboxylic acids is 1. The van der Waals surface area contributed by atoms with Crippen molar-refractivity contribution in [2.45, 2.75) is 105 Å². The van der Waals surface area contributed by atoms with Gasteiger partial charge in [0.05, 0.1) is 2.74 Å². The van der Waals surface area contributed by atoms with Gasteiger partial charge in [0.1, 0.15) is 5.78 Å². The molecule has 1 unspecified atom stereocenters. The number of carbonyl (C=O) groups is 1. The van der Waals surface area contributed by atoms with Gasteiger partial charge in [-0.15, -0.1) is 6.53 Å². The molecule has 0 aliphatic heterocycles. The van der Waals surface area contributed by atoms with Gasteiger partial charge in [-0.3, -0.25) is 4.79 Å². The Balaban J connectivity index is 1.41. The van der Waals surface area contributed by atoms with Crippen LogP contribution in [0.4, 0.5) is 0 Å². The predicted octanol–water partition coefficient (Wildman–Crippen LogP) is 7.60. The summed E-state index contributed by atoms with van der Waals surface area (Å²) in [4.78, 5) is 12.1. The van der Waals surface area contributed by atoms with Gasteiger partial charge in [0.15, 0.2) is 0 Å². The molecule has 8 atom stereocenters. The van der Waals surface area contributed by atoms with E-state index in [2.05, 4.69) is 20.8 Å². The first-order valence-electron chi connectivity index (χ1n) is 14.3. The monoisotopic (exact) mass is 388 g/mol. The maximum absolute atomic E-state index is 12.1. The van der Waals surface area contributed by atoms with Crippen LogP contribution in [0.2, 0.25) is 0 Å². The first-order chi connectivity index (χ1) is 15.1. The molecule has 4 aliphatic carbocycles. The first kappa shape index (κ1) is 16.1. The summed E-state index contributed by atoms with van der Waals surface area (Å²) in [6.45, 7) is 6.02. The van der Waals surface area contributed by atoms with E-state index in [4.69, 9.17) is 5.48 Å². The van der Waals surface area contributed by atoms with Crippen LogP contribution in [0.1, 0.15) is 110 Å². The molecule has 1 nitrogen and oxygen atoms in total. The van der Waals surface area contributed by atoms with Crippen molar-refractivity contribution in [1.82, 2.24) is 0 Å². The number of hydrogen-bond donors (Lipinski definition) is 0. The summed E-state index contributed by atoms with van der Waals surface area (Å²) in [5.74, 6) is 4.99. The lowest BCUT2D eigenvalue weighted by molar-refractivity contribution is -0.140. The molecule has 28 heavy (non-hydrogen) atoms. The Bertz CT molecular complexity index is 744. The van der Waals surface area contributed by atoms with Crippen LogP contribution in [0, 0.1) is 46.3 Å². The quantitative estimate of drug-likeness (QED) is 0.443. The number of fused-ring (bicyclic) bond motifs is 5. The van der Waals surface area contributed by atoms with Crippen molar-refractivity contribution in [2.24, 2.45) is 46.3 Å². The number of rotatable bonds is 5. The van der Waals surface area contributed by atoms with Crippen LogP contribution in [0.25, 0.3) is 0 Å². The molecule has 4 rings (SSSR count). The van der Waals surface area contributed by atoms with Crippen LogP contribution in [0.3, 0.4) is 0 Å². The van der Waals surface area contributed by atoms with Crippen LogP contribution in [0.15, 0.2) is 12.1 Å². The maximum atomic E-state index is 12.1. The lowest BCUT2D eigenvalue weighted by Crippen LogP contribution is -2.53. The summed E-state index contributed by atoms with van der Waals surface area (Å²) < 4.78 is 30.3. The van der Waals surface area contributed by atoms with Gasteiger partial charge < -0.3 is 0 Å². The molecule has 4 saturated carbocycles. The first-order valence-corrected chi connectivity index (χ1v) is 12.1. The van der Waals surface area contributed by atoms with Crippen LogP contribution in [-0.4, -0.2) is 5.78 Å². The molecular formula is C27H44O. The van der Waals surface area contributed by atoms with Gasteiger partial charge in [-0.25, -0.2) is 0 Å². The van der Waals surface area contributed by atoms with E-state index in [1.807, 2.05) is 0 Å². The third-order valence-electron chi connectivity index (χ3n) is 10.3. The molecule has 4 aliphatic rings. The average molecular weight is 389 g/mol. The normalized spacial score (nSPS) is 48.4. The zero-order chi connectivity index (χ0) is 23.3. The predicted molar refractivity (Wildman–Crippen MR) is 118 cm³/mol. The van der Waals surface area contributed by atoms with E-state index in [0.29, 0.717) is 40.4 Å². The summed E-state index contributed by atoms with van der Waals surface area (Å²) >= 11 is 0. The number of ketones is 1. The van der Waals surface area contributed by atoms with Crippen molar-refractivity contribution in [3.05, 3.63) is 12.1 Å². The second kappa shape index (κ2) is 7.59. The highest BCUT2D eigenvalue weighted by atomic mass is 16.1. The Hall–Kier alpha value is -0.590. The molecule has 4 fully saturated rings. The fourth-order valence-corrected chi connectivity index (χ4v) is 8.84. The molecule has 0 spiro atoms. The largest absolute Gasteiger partial charge is 0.300 e. The minimum Gasteiger partial charge on any atom is -0.300 e. The van der Waals surface area contributed by atoms with Crippen molar-refractivity contribution >= 4 is 5.78 Å². The minimum atomic E-state index is -1.18. The lowest BCUT2D eigenvalue weighted by Gasteiger charge is -2.60. The number of allylic oxidation sites excluding steroid dienone is 1. The van der Waals surface area contributed by atoms with Gasteiger partial charge in [0, 0.05) is 15.6 Å². The molecule has 0 radical (unpaired) electrons. The van der Waals surface area contributed by atoms with Gasteiger partial charge >= 0.3 is 0 Å². The Morgan fingerprint density at radius 2 is 2.00 bits per heavy atom. The molecule has 0 saturated heterocycles. The molecule has 0 amide bonds. The maximum Gasteiger partial charge on any atom is 0.133 e. The summed E-state index contributed by atoms with van der Waals surface area (Å²) in [5, 5.41) is 0. The van der Waals surface area contributed by atoms with Crippen LogP contribution in [-0.2, 0) is 4.79 Å². The van der Waals surface area contributed by atoms with Crippen molar-refractivity contribution in [3.8, 4) is 0 Å². The minimum absolute atomic E-state index is 0.327. The highest BCUT2D eigenvalue weighted by Gasteiger charge is 2.60. The van der Waals surface area contributed by atoms with E-state index >= 15 is 0 Å². The molecule has 0 aromatic carbocycles. The van der Waals surface area contributed by atoms with Gasteiger partial charge in [0.25, 0.3) is 0 Å². The molecule has 0 bridgehead atoms. The molecule has 0 heterocycles. The molecule has 0 aromatic rings. The molecule has 0 aromatic heterocycles. The Morgan fingerprint density at radius 3 is 2.79 bits per heavy atom. The zero-order valence-electron chi connectivity index (χ0n) is 22.4. The summed E-state index contributed by atoms with van der Waals surface area (Å²) in [5.41, 5.74) is 1.18. The van der Waals surface area contributed by atoms with E-state index in [9.17, 15) is 4.79 Å². The Labute approximate surface area is 179 Å². The average Bonchev–Trinajstić information content (AvgIpc) is 3.08. The molecule has 158 valence electrons. The van der Waals surface area contributed by atoms with Gasteiger partial charge in [-0.05, 0) is 111 Å². The smallest absolute Gasteiger partial charge is 0.133 e. The van der Waals surface area contributed by atoms with Gasteiger partial charge in [-0.2, -0.15) is 0 Å². The van der Waals surface area contributed by atoms with E-state index in [-0.39, 0.29) is 6.53 Å².